The van der Waals surface area contributed by atoms with Gasteiger partial charge in [0.1, 0.15) is 0 Å². The average molecular weight is 623 g/mol. The van der Waals surface area contributed by atoms with Crippen LogP contribution >= 0.6 is 0 Å². The third kappa shape index (κ3) is 4.36. The van der Waals surface area contributed by atoms with E-state index < -0.39 is 0 Å². The van der Waals surface area contributed by atoms with Gasteiger partial charge in [-0.15, -0.1) is 0 Å². The number of nitrogens with zero attached hydrogens (tertiary/aromatic N) is 2. The van der Waals surface area contributed by atoms with Crippen LogP contribution < -0.4 is 21.3 Å². The van der Waals surface area contributed by atoms with E-state index in [4.69, 9.17) is 0 Å². The van der Waals surface area contributed by atoms with Crippen molar-refractivity contribution >= 4 is 72.7 Å². The normalized spacial score (nSPS) is 12.4. The van der Waals surface area contributed by atoms with E-state index in [-0.39, 0.29) is 6.71 Å². The predicted molar refractivity (Wildman–Crippen MR) is 210 cm³/mol. The molecule has 1 aliphatic rings. The summed E-state index contributed by atoms with van der Waals surface area (Å²) in [4.78, 5) is 2.43. The molecular weight excluding hydrogens is 591 g/mol. The van der Waals surface area contributed by atoms with Crippen LogP contribution in [-0.4, -0.2) is 11.3 Å². The van der Waals surface area contributed by atoms with Gasteiger partial charge in [0.25, 0.3) is 0 Å². The molecule has 0 saturated heterocycles. The van der Waals surface area contributed by atoms with E-state index in [0.717, 1.165) is 5.69 Å². The van der Waals surface area contributed by atoms with Crippen LogP contribution in [0.4, 0.5) is 17.1 Å². The molecule has 10 rings (SSSR count). The van der Waals surface area contributed by atoms with E-state index in [1.54, 1.807) is 0 Å². The highest BCUT2D eigenvalue weighted by atomic mass is 15.1. The van der Waals surface area contributed by atoms with Crippen LogP contribution in [0.25, 0.3) is 49.4 Å². The van der Waals surface area contributed by atoms with Crippen molar-refractivity contribution in [1.82, 2.24) is 4.57 Å². The zero-order valence-corrected chi connectivity index (χ0v) is 26.9. The van der Waals surface area contributed by atoms with E-state index in [1.165, 1.54) is 77.2 Å². The van der Waals surface area contributed by atoms with Gasteiger partial charge < -0.3 is 9.47 Å². The summed E-state index contributed by atoms with van der Waals surface area (Å²) in [6, 6.07) is 68.6. The molecule has 228 valence electrons. The maximum Gasteiger partial charge on any atom is 0.247 e. The second-order valence-electron chi connectivity index (χ2n) is 12.9. The lowest BCUT2D eigenvalue weighted by molar-refractivity contribution is 1.18. The van der Waals surface area contributed by atoms with E-state index >= 15 is 0 Å². The van der Waals surface area contributed by atoms with Gasteiger partial charge >= 0.3 is 0 Å². The maximum absolute atomic E-state index is 2.43. The molecule has 1 aromatic heterocycles. The molecule has 0 radical (unpaired) electrons. The Morgan fingerprint density at radius 1 is 0.327 bits per heavy atom. The Labute approximate surface area is 286 Å². The third-order valence-electron chi connectivity index (χ3n) is 10.3. The molecule has 0 unspecified atom stereocenters. The second-order valence-corrected chi connectivity index (χ2v) is 12.9. The van der Waals surface area contributed by atoms with Gasteiger partial charge in [-0.3, -0.25) is 0 Å². The SMILES string of the molecule is c1ccc2c(c1)B(c1cccc3ccccc13)c1ccccc1N2c1ccc(-c2ccc(-n3c4ccccc4c4ccccc43)cc2)cc1. The molecule has 0 spiro atoms. The number of benzene rings is 8. The molecule has 0 N–H and O–H groups in total. The molecule has 3 heteroatoms. The number of fused-ring (bicyclic) bond motifs is 6. The zero-order chi connectivity index (χ0) is 32.3. The molecule has 0 bridgehead atoms. The van der Waals surface area contributed by atoms with Crippen LogP contribution in [0.3, 0.4) is 0 Å². The van der Waals surface area contributed by atoms with Crippen LogP contribution in [0.2, 0.25) is 0 Å². The van der Waals surface area contributed by atoms with Crippen molar-refractivity contribution in [3.8, 4) is 16.8 Å². The van der Waals surface area contributed by atoms with Gasteiger partial charge in [0.2, 0.25) is 6.71 Å². The quantitative estimate of drug-likeness (QED) is 0.178. The number of anilines is 3. The fourth-order valence-electron chi connectivity index (χ4n) is 8.09. The van der Waals surface area contributed by atoms with E-state index in [0.29, 0.717) is 0 Å². The lowest BCUT2D eigenvalue weighted by atomic mass is 9.34. The summed E-state index contributed by atoms with van der Waals surface area (Å²) in [6.45, 7) is 0.141. The summed E-state index contributed by atoms with van der Waals surface area (Å²) < 4.78 is 2.37. The number of rotatable bonds is 4. The van der Waals surface area contributed by atoms with Crippen molar-refractivity contribution in [3.05, 3.63) is 188 Å². The lowest BCUT2D eigenvalue weighted by Crippen LogP contribution is -2.57. The van der Waals surface area contributed by atoms with Gasteiger partial charge in [-0.05, 0) is 81.4 Å². The Bertz CT molecular complexity index is 2560. The maximum atomic E-state index is 2.43. The summed E-state index contributed by atoms with van der Waals surface area (Å²) in [6.07, 6.45) is 0. The largest absolute Gasteiger partial charge is 0.312 e. The van der Waals surface area contributed by atoms with Crippen LogP contribution in [0.15, 0.2) is 188 Å². The Hall–Kier alpha value is -6.32. The number of para-hydroxylation sites is 4. The van der Waals surface area contributed by atoms with Crippen molar-refractivity contribution in [3.63, 3.8) is 0 Å². The van der Waals surface area contributed by atoms with E-state index in [2.05, 4.69) is 198 Å². The third-order valence-corrected chi connectivity index (χ3v) is 10.3. The monoisotopic (exact) mass is 622 g/mol. The van der Waals surface area contributed by atoms with Crippen LogP contribution in [-0.2, 0) is 0 Å². The molecule has 2 nitrogen and oxygen atoms in total. The average Bonchev–Trinajstić information content (AvgIpc) is 3.51. The number of hydrogen-bond acceptors (Lipinski definition) is 1. The Balaban J connectivity index is 1.03. The summed E-state index contributed by atoms with van der Waals surface area (Å²) in [7, 11) is 0. The van der Waals surface area contributed by atoms with E-state index in [1.807, 2.05) is 0 Å². The topological polar surface area (TPSA) is 8.17 Å². The van der Waals surface area contributed by atoms with Gasteiger partial charge in [0, 0.05) is 33.5 Å². The lowest BCUT2D eigenvalue weighted by Gasteiger charge is -2.37. The van der Waals surface area contributed by atoms with Gasteiger partial charge in [-0.1, -0.05) is 145 Å². The van der Waals surface area contributed by atoms with Gasteiger partial charge in [0.15, 0.2) is 0 Å². The highest BCUT2D eigenvalue weighted by Gasteiger charge is 2.35. The Kier molecular flexibility index (Phi) is 6.31. The minimum atomic E-state index is 0.141. The fourth-order valence-corrected chi connectivity index (χ4v) is 8.09. The number of hydrogen-bond donors (Lipinski definition) is 0. The van der Waals surface area contributed by atoms with Crippen molar-refractivity contribution in [2.45, 2.75) is 0 Å². The fraction of sp³-hybridized carbons (Fsp3) is 0. The number of aromatic nitrogens is 1. The van der Waals surface area contributed by atoms with Crippen LogP contribution in [0, 0.1) is 0 Å². The molecule has 9 aromatic rings. The Morgan fingerprint density at radius 2 is 0.776 bits per heavy atom. The summed E-state index contributed by atoms with van der Waals surface area (Å²) in [5, 5.41) is 5.14. The molecule has 0 amide bonds. The van der Waals surface area contributed by atoms with E-state index in [9.17, 15) is 0 Å². The highest BCUT2D eigenvalue weighted by Crippen LogP contribution is 2.38. The van der Waals surface area contributed by atoms with Crippen molar-refractivity contribution in [1.29, 1.82) is 0 Å². The molecule has 0 aliphatic carbocycles. The first kappa shape index (κ1) is 27.8. The molecule has 1 aliphatic heterocycles. The molecule has 2 heterocycles. The smallest absolute Gasteiger partial charge is 0.247 e. The van der Waals surface area contributed by atoms with Crippen molar-refractivity contribution in [2.24, 2.45) is 0 Å². The first-order valence-corrected chi connectivity index (χ1v) is 17.0. The zero-order valence-electron chi connectivity index (χ0n) is 26.9. The molecule has 49 heavy (non-hydrogen) atoms. The molecule has 8 aromatic carbocycles. The highest BCUT2D eigenvalue weighted by molar-refractivity contribution is 6.99. The molecule has 0 saturated carbocycles. The first-order chi connectivity index (χ1) is 24.3. The van der Waals surface area contributed by atoms with Crippen LogP contribution in [0.1, 0.15) is 0 Å². The molecule has 0 fully saturated rings. The van der Waals surface area contributed by atoms with Crippen molar-refractivity contribution < 1.29 is 0 Å². The molecular formula is C46H31BN2. The summed E-state index contributed by atoms with van der Waals surface area (Å²) in [5.41, 5.74) is 13.6. The molecule has 0 atom stereocenters. The summed E-state index contributed by atoms with van der Waals surface area (Å²) in [5.74, 6) is 0. The minimum Gasteiger partial charge on any atom is -0.312 e. The first-order valence-electron chi connectivity index (χ1n) is 17.0. The van der Waals surface area contributed by atoms with Gasteiger partial charge in [-0.2, -0.15) is 0 Å². The van der Waals surface area contributed by atoms with Gasteiger partial charge in [-0.25, -0.2) is 0 Å². The Morgan fingerprint density at radius 3 is 1.39 bits per heavy atom. The second kappa shape index (κ2) is 11.1. The van der Waals surface area contributed by atoms with Crippen molar-refractivity contribution in [2.75, 3.05) is 4.90 Å². The minimum absolute atomic E-state index is 0.141. The van der Waals surface area contributed by atoms with Gasteiger partial charge in [0.05, 0.1) is 11.0 Å². The standard InChI is InChI=1S/C46H31BN2/c1-2-14-37-34(12-1)13-11-19-40(37)47-41-17-5-9-22-45(41)49(46-23-10-6-18-42(46)47)36-30-26-33(27-31-36)32-24-28-35(29-25-32)48-43-20-7-3-15-38(43)39-16-4-8-21-44(39)48/h1-31H. The summed E-state index contributed by atoms with van der Waals surface area (Å²) >= 11 is 0. The van der Waals surface area contributed by atoms with Crippen LogP contribution in [0.5, 0.6) is 0 Å². The predicted octanol–water partition coefficient (Wildman–Crippen LogP) is 9.90.